The maximum absolute atomic E-state index is 5.07. The molecule has 0 aliphatic heterocycles. The second-order valence-corrected chi connectivity index (χ2v) is 4.53. The number of anilines is 2. The topological polar surface area (TPSA) is 72.0 Å². The van der Waals surface area contributed by atoms with E-state index >= 15 is 0 Å². The van der Waals surface area contributed by atoms with Gasteiger partial charge in [0.1, 0.15) is 0 Å². The number of nitrogens with one attached hydrogen (secondary N) is 2. The van der Waals surface area contributed by atoms with E-state index in [2.05, 4.69) is 25.6 Å². The highest BCUT2D eigenvalue weighted by molar-refractivity contribution is 5.35. The van der Waals surface area contributed by atoms with Gasteiger partial charge in [0.05, 0.1) is 7.11 Å². The Balaban J connectivity index is 1.98. The van der Waals surface area contributed by atoms with Crippen molar-refractivity contribution in [2.75, 3.05) is 30.8 Å². The standard InChI is InChI=1S/C12H21N5O/c1-3-13-10-15-11(17-12(16-10)18-2)14-8-9-6-4-5-7-9/h9H,3-8H2,1-2H3,(H2,13,14,15,16,17). The molecule has 0 saturated heterocycles. The van der Waals surface area contributed by atoms with Crippen molar-refractivity contribution in [2.45, 2.75) is 32.6 Å². The number of nitrogens with zero attached hydrogens (tertiary/aromatic N) is 3. The summed E-state index contributed by atoms with van der Waals surface area (Å²) in [6.45, 7) is 3.70. The maximum Gasteiger partial charge on any atom is 0.322 e. The first-order valence-corrected chi connectivity index (χ1v) is 6.59. The lowest BCUT2D eigenvalue weighted by Crippen LogP contribution is -2.15. The van der Waals surface area contributed by atoms with Gasteiger partial charge in [-0.05, 0) is 25.7 Å². The van der Waals surface area contributed by atoms with Gasteiger partial charge < -0.3 is 15.4 Å². The first kappa shape index (κ1) is 12.9. The highest BCUT2D eigenvalue weighted by atomic mass is 16.5. The third-order valence-electron chi connectivity index (χ3n) is 3.16. The van der Waals surface area contributed by atoms with Crippen LogP contribution in [-0.2, 0) is 0 Å². The quantitative estimate of drug-likeness (QED) is 0.804. The Morgan fingerprint density at radius 1 is 1.11 bits per heavy atom. The van der Waals surface area contributed by atoms with E-state index in [0.29, 0.717) is 17.9 Å². The van der Waals surface area contributed by atoms with Crippen molar-refractivity contribution >= 4 is 11.9 Å². The third kappa shape index (κ3) is 3.45. The van der Waals surface area contributed by atoms with E-state index in [9.17, 15) is 0 Å². The second-order valence-electron chi connectivity index (χ2n) is 4.53. The number of rotatable bonds is 6. The van der Waals surface area contributed by atoms with Crippen LogP contribution in [0.5, 0.6) is 6.01 Å². The van der Waals surface area contributed by atoms with Gasteiger partial charge in [-0.3, -0.25) is 0 Å². The number of ether oxygens (including phenoxy) is 1. The van der Waals surface area contributed by atoms with Crippen LogP contribution < -0.4 is 15.4 Å². The normalized spacial score (nSPS) is 15.7. The van der Waals surface area contributed by atoms with Crippen LogP contribution in [0.4, 0.5) is 11.9 Å². The number of aromatic nitrogens is 3. The van der Waals surface area contributed by atoms with Crippen LogP contribution in [0, 0.1) is 5.92 Å². The Kier molecular flexibility index (Phi) is 4.55. The fraction of sp³-hybridized carbons (Fsp3) is 0.750. The van der Waals surface area contributed by atoms with Crippen molar-refractivity contribution in [1.82, 2.24) is 15.0 Å². The summed E-state index contributed by atoms with van der Waals surface area (Å²) in [5.74, 6) is 1.89. The van der Waals surface area contributed by atoms with Crippen LogP contribution in [0.1, 0.15) is 32.6 Å². The first-order chi connectivity index (χ1) is 8.81. The second kappa shape index (κ2) is 6.37. The molecule has 18 heavy (non-hydrogen) atoms. The highest BCUT2D eigenvalue weighted by Crippen LogP contribution is 2.24. The van der Waals surface area contributed by atoms with Crippen LogP contribution in [0.2, 0.25) is 0 Å². The summed E-state index contributed by atoms with van der Waals surface area (Å²) < 4.78 is 5.07. The van der Waals surface area contributed by atoms with Gasteiger partial charge in [-0.2, -0.15) is 15.0 Å². The maximum atomic E-state index is 5.07. The highest BCUT2D eigenvalue weighted by Gasteiger charge is 2.15. The molecule has 1 aliphatic rings. The van der Waals surface area contributed by atoms with Crippen molar-refractivity contribution in [2.24, 2.45) is 5.92 Å². The summed E-state index contributed by atoms with van der Waals surface area (Å²) in [7, 11) is 1.56. The predicted octanol–water partition coefficient (Wildman–Crippen LogP) is 1.91. The molecule has 1 heterocycles. The van der Waals surface area contributed by atoms with E-state index in [0.717, 1.165) is 19.0 Å². The summed E-state index contributed by atoms with van der Waals surface area (Å²) in [6, 6.07) is 0.342. The molecule has 1 aromatic heterocycles. The molecule has 1 fully saturated rings. The van der Waals surface area contributed by atoms with Crippen molar-refractivity contribution in [1.29, 1.82) is 0 Å². The van der Waals surface area contributed by atoms with E-state index < -0.39 is 0 Å². The van der Waals surface area contributed by atoms with Gasteiger partial charge in [0.25, 0.3) is 0 Å². The van der Waals surface area contributed by atoms with Gasteiger partial charge in [-0.1, -0.05) is 12.8 Å². The summed E-state index contributed by atoms with van der Waals surface area (Å²) in [6.07, 6.45) is 5.29. The molecule has 1 aromatic rings. The van der Waals surface area contributed by atoms with E-state index in [-0.39, 0.29) is 0 Å². The molecule has 2 N–H and O–H groups in total. The third-order valence-corrected chi connectivity index (χ3v) is 3.16. The Labute approximate surface area is 108 Å². The molecule has 6 heteroatoms. The zero-order valence-electron chi connectivity index (χ0n) is 11.1. The molecule has 0 spiro atoms. The van der Waals surface area contributed by atoms with Gasteiger partial charge >= 0.3 is 6.01 Å². The fourth-order valence-electron chi connectivity index (χ4n) is 2.21. The largest absolute Gasteiger partial charge is 0.467 e. The zero-order chi connectivity index (χ0) is 12.8. The molecule has 1 saturated carbocycles. The number of hydrogen-bond donors (Lipinski definition) is 2. The molecule has 0 unspecified atom stereocenters. The van der Waals surface area contributed by atoms with E-state index in [1.54, 1.807) is 7.11 Å². The van der Waals surface area contributed by atoms with E-state index in [4.69, 9.17) is 4.74 Å². The van der Waals surface area contributed by atoms with Gasteiger partial charge in [-0.15, -0.1) is 0 Å². The van der Waals surface area contributed by atoms with Crippen LogP contribution in [0.3, 0.4) is 0 Å². The molecule has 1 aliphatic carbocycles. The molecule has 2 rings (SSSR count). The Morgan fingerprint density at radius 3 is 2.39 bits per heavy atom. The minimum absolute atomic E-state index is 0.342. The molecular formula is C12H21N5O. The van der Waals surface area contributed by atoms with Crippen molar-refractivity contribution in [3.8, 4) is 6.01 Å². The summed E-state index contributed by atoms with van der Waals surface area (Å²) in [4.78, 5) is 12.6. The van der Waals surface area contributed by atoms with Gasteiger partial charge in [0, 0.05) is 13.1 Å². The Morgan fingerprint density at radius 2 is 1.78 bits per heavy atom. The number of hydrogen-bond acceptors (Lipinski definition) is 6. The Hall–Kier alpha value is -1.59. The predicted molar refractivity (Wildman–Crippen MR) is 71.0 cm³/mol. The molecule has 0 bridgehead atoms. The molecule has 0 radical (unpaired) electrons. The van der Waals surface area contributed by atoms with Crippen LogP contribution in [0.25, 0.3) is 0 Å². The lowest BCUT2D eigenvalue weighted by molar-refractivity contribution is 0.379. The zero-order valence-corrected chi connectivity index (χ0v) is 11.1. The van der Waals surface area contributed by atoms with Gasteiger partial charge in [0.15, 0.2) is 0 Å². The molecule has 0 aromatic carbocycles. The van der Waals surface area contributed by atoms with Gasteiger partial charge in [0.2, 0.25) is 11.9 Å². The molecule has 0 atom stereocenters. The summed E-state index contributed by atoms with van der Waals surface area (Å²) >= 11 is 0. The minimum Gasteiger partial charge on any atom is -0.467 e. The molecular weight excluding hydrogens is 230 g/mol. The summed E-state index contributed by atoms with van der Waals surface area (Å²) in [5, 5.41) is 6.35. The molecule has 0 amide bonds. The Bertz CT molecular complexity index is 379. The van der Waals surface area contributed by atoms with Crippen LogP contribution in [-0.4, -0.2) is 35.2 Å². The average molecular weight is 251 g/mol. The first-order valence-electron chi connectivity index (χ1n) is 6.59. The number of methoxy groups -OCH3 is 1. The average Bonchev–Trinajstić information content (AvgIpc) is 2.89. The lowest BCUT2D eigenvalue weighted by atomic mass is 10.1. The SMILES string of the molecule is CCNc1nc(NCC2CCCC2)nc(OC)n1. The monoisotopic (exact) mass is 251 g/mol. The van der Waals surface area contributed by atoms with E-state index in [1.807, 2.05) is 6.92 Å². The van der Waals surface area contributed by atoms with Crippen LogP contribution >= 0.6 is 0 Å². The lowest BCUT2D eigenvalue weighted by Gasteiger charge is -2.11. The smallest absolute Gasteiger partial charge is 0.322 e. The van der Waals surface area contributed by atoms with Crippen LogP contribution in [0.15, 0.2) is 0 Å². The van der Waals surface area contributed by atoms with Crippen molar-refractivity contribution in [3.05, 3.63) is 0 Å². The van der Waals surface area contributed by atoms with Crippen molar-refractivity contribution < 1.29 is 4.74 Å². The molecule has 100 valence electrons. The van der Waals surface area contributed by atoms with Crippen molar-refractivity contribution in [3.63, 3.8) is 0 Å². The summed E-state index contributed by atoms with van der Waals surface area (Å²) in [5.41, 5.74) is 0. The van der Waals surface area contributed by atoms with Gasteiger partial charge in [-0.25, -0.2) is 0 Å². The fourth-order valence-corrected chi connectivity index (χ4v) is 2.21. The van der Waals surface area contributed by atoms with E-state index in [1.165, 1.54) is 25.7 Å². The molecule has 6 nitrogen and oxygen atoms in total. The minimum atomic E-state index is 0.342.